The lowest BCUT2D eigenvalue weighted by atomic mass is 10.3. The predicted octanol–water partition coefficient (Wildman–Crippen LogP) is 0.0206. The third kappa shape index (κ3) is 5.54. The molecule has 0 bridgehead atoms. The minimum absolute atomic E-state index is 0. The number of aromatic nitrogens is 1. The van der Waals surface area contributed by atoms with Crippen LogP contribution in [0.15, 0.2) is 18.3 Å². The highest BCUT2D eigenvalue weighted by molar-refractivity contribution is 6.30. The van der Waals surface area contributed by atoms with E-state index in [-0.39, 0.29) is 23.8 Å². The summed E-state index contributed by atoms with van der Waals surface area (Å²) in [5, 5.41) is 3.11. The van der Waals surface area contributed by atoms with Gasteiger partial charge in [0.15, 0.2) is 0 Å². The summed E-state index contributed by atoms with van der Waals surface area (Å²) < 4.78 is 0. The number of halogens is 2. The Morgan fingerprint density at radius 1 is 1.53 bits per heavy atom. The smallest absolute Gasteiger partial charge is 0.269 e. The minimum atomic E-state index is -0.234. The molecule has 1 rings (SSSR count). The average Bonchev–Trinajstić information content (AvgIpc) is 2.15. The zero-order valence-corrected chi connectivity index (χ0v) is 9.44. The van der Waals surface area contributed by atoms with Crippen LogP contribution in [0.4, 0.5) is 0 Å². The molecule has 0 aliphatic heterocycles. The van der Waals surface area contributed by atoms with Gasteiger partial charge in [-0.1, -0.05) is 11.6 Å². The van der Waals surface area contributed by atoms with Crippen LogP contribution < -0.4 is 11.1 Å². The molecular weight excluding hydrogens is 241 g/mol. The van der Waals surface area contributed by atoms with Gasteiger partial charge in [-0.25, -0.2) is 4.98 Å². The van der Waals surface area contributed by atoms with Gasteiger partial charge in [-0.2, -0.15) is 0 Å². The predicted molar refractivity (Wildman–Crippen MR) is 61.5 cm³/mol. The number of carbonyl (C=O) groups is 1. The molecule has 86 valence electrons. The van der Waals surface area contributed by atoms with Crippen LogP contribution >= 0.6 is 24.0 Å². The van der Waals surface area contributed by atoms with Gasteiger partial charge in [-0.3, -0.25) is 4.79 Å². The second kappa shape index (κ2) is 8.43. The number of nitrogens with one attached hydrogen (secondary N) is 1. The Morgan fingerprint density at radius 2 is 2.20 bits per heavy atom. The van der Waals surface area contributed by atoms with Crippen molar-refractivity contribution in [3.8, 4) is 0 Å². The molecule has 7 heteroatoms. The molecule has 0 fully saturated rings. The third-order valence-electron chi connectivity index (χ3n) is 1.39. The quantitative estimate of drug-likeness (QED) is 0.795. The Bertz CT molecular complexity index is 292. The molecule has 1 aromatic heterocycles. The summed E-state index contributed by atoms with van der Waals surface area (Å²) in [7, 11) is 0. The van der Waals surface area contributed by atoms with Gasteiger partial charge in [0.05, 0.1) is 5.02 Å². The van der Waals surface area contributed by atoms with Crippen molar-refractivity contribution >= 4 is 29.9 Å². The van der Waals surface area contributed by atoms with E-state index in [1.165, 1.54) is 6.20 Å². The molecule has 5 N–H and O–H groups in total. The van der Waals surface area contributed by atoms with E-state index in [4.69, 9.17) is 17.3 Å². The van der Waals surface area contributed by atoms with E-state index in [1.54, 1.807) is 12.1 Å². The number of hydrogen-bond acceptors (Lipinski definition) is 3. The van der Waals surface area contributed by atoms with Gasteiger partial charge in [0.2, 0.25) is 0 Å². The molecule has 0 spiro atoms. The lowest BCUT2D eigenvalue weighted by Crippen LogP contribution is -2.29. The summed E-state index contributed by atoms with van der Waals surface area (Å²) in [5.74, 6) is -0.234. The van der Waals surface area contributed by atoms with Crippen molar-refractivity contribution in [3.63, 3.8) is 0 Å². The Hall–Kier alpha value is -0.880. The first-order valence-corrected chi connectivity index (χ1v) is 4.21. The summed E-state index contributed by atoms with van der Waals surface area (Å²) in [6.07, 6.45) is 1.43. The number of carbonyl (C=O) groups excluding carboxylic acids is 1. The van der Waals surface area contributed by atoms with E-state index in [0.717, 1.165) is 0 Å². The standard InChI is InChI=1S/C8H10ClN3O.ClH.H2O/c9-6-1-2-7(12-5-6)8(13)11-4-3-10;;/h1-2,5H,3-4,10H2,(H,11,13);1H;1H2. The Balaban J connectivity index is 0. The van der Waals surface area contributed by atoms with Crippen LogP contribution in [-0.4, -0.2) is 29.5 Å². The molecule has 1 heterocycles. The monoisotopic (exact) mass is 253 g/mol. The number of nitrogens with two attached hydrogens (primary N) is 1. The summed E-state index contributed by atoms with van der Waals surface area (Å²) in [6, 6.07) is 3.18. The van der Waals surface area contributed by atoms with Gasteiger partial charge in [0.25, 0.3) is 5.91 Å². The zero-order valence-electron chi connectivity index (χ0n) is 7.87. The molecule has 15 heavy (non-hydrogen) atoms. The molecule has 0 aromatic carbocycles. The second-order valence-electron chi connectivity index (χ2n) is 2.41. The van der Waals surface area contributed by atoms with Crippen LogP contribution in [0.3, 0.4) is 0 Å². The van der Waals surface area contributed by atoms with Gasteiger partial charge in [0.1, 0.15) is 5.69 Å². The molecule has 1 amide bonds. The Labute approximate surface area is 98.7 Å². The SMILES string of the molecule is Cl.NCCNC(=O)c1ccc(Cl)cn1.O. The van der Waals surface area contributed by atoms with Crippen LogP contribution in [0.2, 0.25) is 5.02 Å². The minimum Gasteiger partial charge on any atom is -0.412 e. The van der Waals surface area contributed by atoms with E-state index < -0.39 is 0 Å². The van der Waals surface area contributed by atoms with Crippen molar-refractivity contribution in [3.05, 3.63) is 29.0 Å². The van der Waals surface area contributed by atoms with Gasteiger partial charge in [-0.15, -0.1) is 12.4 Å². The molecule has 0 radical (unpaired) electrons. The molecule has 0 aliphatic carbocycles. The van der Waals surface area contributed by atoms with E-state index in [0.29, 0.717) is 23.8 Å². The summed E-state index contributed by atoms with van der Waals surface area (Å²) in [4.78, 5) is 15.1. The van der Waals surface area contributed by atoms with Crippen LogP contribution in [0.25, 0.3) is 0 Å². The highest BCUT2D eigenvalue weighted by Gasteiger charge is 2.04. The normalized spacial score (nSPS) is 8.40. The fourth-order valence-corrected chi connectivity index (χ4v) is 0.898. The van der Waals surface area contributed by atoms with E-state index in [9.17, 15) is 4.79 Å². The molecule has 0 atom stereocenters. The van der Waals surface area contributed by atoms with Crippen molar-refractivity contribution in [2.24, 2.45) is 5.73 Å². The van der Waals surface area contributed by atoms with Crippen LogP contribution in [-0.2, 0) is 0 Å². The van der Waals surface area contributed by atoms with E-state index in [1.807, 2.05) is 0 Å². The van der Waals surface area contributed by atoms with Gasteiger partial charge >= 0.3 is 0 Å². The van der Waals surface area contributed by atoms with E-state index in [2.05, 4.69) is 10.3 Å². The fourth-order valence-electron chi connectivity index (χ4n) is 0.786. The summed E-state index contributed by atoms with van der Waals surface area (Å²) >= 11 is 5.61. The summed E-state index contributed by atoms with van der Waals surface area (Å²) in [6.45, 7) is 0.864. The van der Waals surface area contributed by atoms with Crippen LogP contribution in [0, 0.1) is 0 Å². The lowest BCUT2D eigenvalue weighted by Gasteiger charge is -2.01. The highest BCUT2D eigenvalue weighted by atomic mass is 35.5. The summed E-state index contributed by atoms with van der Waals surface area (Å²) in [5.41, 5.74) is 5.57. The maximum absolute atomic E-state index is 11.2. The zero-order chi connectivity index (χ0) is 9.68. The van der Waals surface area contributed by atoms with Gasteiger partial charge in [0, 0.05) is 19.3 Å². The third-order valence-corrected chi connectivity index (χ3v) is 1.61. The molecule has 0 aliphatic rings. The van der Waals surface area contributed by atoms with Crippen molar-refractivity contribution in [2.75, 3.05) is 13.1 Å². The van der Waals surface area contributed by atoms with Gasteiger partial charge < -0.3 is 16.5 Å². The molecule has 5 nitrogen and oxygen atoms in total. The largest absolute Gasteiger partial charge is 0.412 e. The number of amides is 1. The van der Waals surface area contributed by atoms with Gasteiger partial charge in [-0.05, 0) is 12.1 Å². The molecule has 0 saturated carbocycles. The first-order valence-electron chi connectivity index (χ1n) is 3.84. The Kier molecular flexibility index (Phi) is 9.30. The second-order valence-corrected chi connectivity index (χ2v) is 2.84. The maximum atomic E-state index is 11.2. The number of hydrogen-bond donors (Lipinski definition) is 2. The van der Waals surface area contributed by atoms with Crippen molar-refractivity contribution in [1.82, 2.24) is 10.3 Å². The lowest BCUT2D eigenvalue weighted by molar-refractivity contribution is 0.0950. The number of pyridine rings is 1. The first-order chi connectivity index (χ1) is 6.24. The van der Waals surface area contributed by atoms with Crippen molar-refractivity contribution < 1.29 is 10.3 Å². The van der Waals surface area contributed by atoms with Crippen LogP contribution in [0.5, 0.6) is 0 Å². The molecule has 0 unspecified atom stereocenters. The first kappa shape index (κ1) is 16.5. The number of nitrogens with zero attached hydrogens (tertiary/aromatic N) is 1. The fraction of sp³-hybridized carbons (Fsp3) is 0.250. The average molecular weight is 254 g/mol. The topological polar surface area (TPSA) is 99.5 Å². The van der Waals surface area contributed by atoms with Crippen LogP contribution in [0.1, 0.15) is 10.5 Å². The molecule has 0 saturated heterocycles. The van der Waals surface area contributed by atoms with E-state index >= 15 is 0 Å². The molecular formula is C8H13Cl2N3O2. The number of rotatable bonds is 3. The highest BCUT2D eigenvalue weighted by Crippen LogP contribution is 2.05. The van der Waals surface area contributed by atoms with Crippen molar-refractivity contribution in [1.29, 1.82) is 0 Å². The maximum Gasteiger partial charge on any atom is 0.269 e. The molecule has 1 aromatic rings. The Morgan fingerprint density at radius 3 is 2.67 bits per heavy atom. The van der Waals surface area contributed by atoms with Crippen molar-refractivity contribution in [2.45, 2.75) is 0 Å².